The van der Waals surface area contributed by atoms with Crippen molar-refractivity contribution < 1.29 is 24.2 Å². The first-order valence-electron chi connectivity index (χ1n) is 10.4. The number of nitrogens with one attached hydrogen (secondary N) is 1. The van der Waals surface area contributed by atoms with Crippen LogP contribution >= 0.6 is 0 Å². The van der Waals surface area contributed by atoms with Crippen molar-refractivity contribution in [1.82, 2.24) is 15.3 Å². The summed E-state index contributed by atoms with van der Waals surface area (Å²) in [5.41, 5.74) is 14.4. The molecule has 3 rings (SSSR count). The molecule has 0 fully saturated rings. The first kappa shape index (κ1) is 24.2. The van der Waals surface area contributed by atoms with Gasteiger partial charge in [0.1, 0.15) is 11.9 Å². The molecule has 1 aromatic heterocycles. The Labute approximate surface area is 195 Å². The second-order valence-corrected chi connectivity index (χ2v) is 7.68. The lowest BCUT2D eigenvalue weighted by Crippen LogP contribution is -2.42. The number of nitrogens with two attached hydrogens (primary N) is 2. The fourth-order valence-corrected chi connectivity index (χ4v) is 3.40. The molecule has 0 spiro atoms. The Hall–Kier alpha value is -4.47. The van der Waals surface area contributed by atoms with E-state index in [4.69, 9.17) is 16.6 Å². The molecule has 0 aliphatic carbocycles. The van der Waals surface area contributed by atoms with Crippen molar-refractivity contribution >= 4 is 40.5 Å². The van der Waals surface area contributed by atoms with Gasteiger partial charge in [0.2, 0.25) is 5.95 Å². The summed E-state index contributed by atoms with van der Waals surface area (Å²) >= 11 is 0. The van der Waals surface area contributed by atoms with Gasteiger partial charge in [-0.3, -0.25) is 4.79 Å². The number of hydrogen-bond acceptors (Lipinski definition) is 8. The van der Waals surface area contributed by atoms with Gasteiger partial charge in [-0.25, -0.2) is 14.6 Å². The maximum Gasteiger partial charge on any atom is 0.331 e. The van der Waals surface area contributed by atoms with E-state index in [1.807, 2.05) is 30.3 Å². The monoisotopic (exact) mass is 463 g/mol. The Morgan fingerprint density at radius 3 is 2.35 bits per heavy atom. The van der Waals surface area contributed by atoms with E-state index in [1.165, 1.54) is 0 Å². The van der Waals surface area contributed by atoms with E-state index in [0.29, 0.717) is 23.3 Å². The number of methoxy groups -OCH3 is 1. The summed E-state index contributed by atoms with van der Waals surface area (Å²) in [6, 6.07) is 11.5. The number of aliphatic carboxylic acids is 1. The molecule has 0 aliphatic heterocycles. The van der Waals surface area contributed by atoms with Gasteiger partial charge in [0.05, 0.1) is 12.6 Å². The molecule has 1 atom stereocenters. The van der Waals surface area contributed by atoms with E-state index < -0.39 is 23.9 Å². The summed E-state index contributed by atoms with van der Waals surface area (Å²) in [5.74, 6) is -2.07. The Balaban J connectivity index is 1.64. The normalized spacial score (nSPS) is 11.6. The van der Waals surface area contributed by atoms with Crippen LogP contribution in [0, 0.1) is 0 Å². The zero-order chi connectivity index (χ0) is 24.8. The Morgan fingerprint density at radius 1 is 1.06 bits per heavy atom. The lowest BCUT2D eigenvalue weighted by atomic mass is 10.0. The van der Waals surface area contributed by atoms with Gasteiger partial charge in [0.25, 0.3) is 5.91 Å². The second kappa shape index (κ2) is 10.4. The molecule has 0 radical (unpaired) electrons. The molecule has 0 unspecified atom stereocenters. The number of anilines is 2. The zero-order valence-corrected chi connectivity index (χ0v) is 18.6. The lowest BCUT2D eigenvalue weighted by molar-refractivity contribution is -0.142. The molecular weight excluding hydrogens is 438 g/mol. The van der Waals surface area contributed by atoms with Crippen molar-refractivity contribution in [1.29, 1.82) is 0 Å². The van der Waals surface area contributed by atoms with Crippen LogP contribution in [0.15, 0.2) is 54.6 Å². The summed E-state index contributed by atoms with van der Waals surface area (Å²) in [6.45, 7) is 3.40. The fourth-order valence-electron chi connectivity index (χ4n) is 3.40. The van der Waals surface area contributed by atoms with Crippen LogP contribution in [-0.4, -0.2) is 46.1 Å². The summed E-state index contributed by atoms with van der Waals surface area (Å²) in [5, 5.41) is 12.2. The maximum atomic E-state index is 12.6. The Morgan fingerprint density at radius 2 is 1.71 bits per heavy atom. The van der Waals surface area contributed by atoms with Crippen molar-refractivity contribution in [2.75, 3.05) is 18.6 Å². The van der Waals surface area contributed by atoms with Crippen molar-refractivity contribution in [3.05, 3.63) is 71.3 Å². The van der Waals surface area contributed by atoms with Crippen LogP contribution in [0.2, 0.25) is 0 Å². The van der Waals surface area contributed by atoms with Crippen LogP contribution < -0.4 is 16.8 Å². The highest BCUT2D eigenvalue weighted by atomic mass is 16.5. The van der Waals surface area contributed by atoms with Gasteiger partial charge in [0, 0.05) is 22.9 Å². The van der Waals surface area contributed by atoms with Gasteiger partial charge in [-0.15, -0.1) is 0 Å². The van der Waals surface area contributed by atoms with Gasteiger partial charge in [-0.1, -0.05) is 24.8 Å². The van der Waals surface area contributed by atoms with E-state index >= 15 is 0 Å². The predicted octanol–water partition coefficient (Wildman–Crippen LogP) is 1.88. The van der Waals surface area contributed by atoms with Gasteiger partial charge in [-0.2, -0.15) is 4.98 Å². The van der Waals surface area contributed by atoms with Crippen molar-refractivity contribution in [3.8, 4) is 0 Å². The number of carbonyl (C=O) groups is 3. The van der Waals surface area contributed by atoms with E-state index in [2.05, 4.69) is 26.6 Å². The largest absolute Gasteiger partial charge is 0.478 e. The smallest absolute Gasteiger partial charge is 0.331 e. The average Bonchev–Trinajstić information content (AvgIpc) is 2.82. The first-order chi connectivity index (χ1) is 16.2. The van der Waals surface area contributed by atoms with Crippen molar-refractivity contribution in [3.63, 3.8) is 0 Å². The molecule has 0 saturated heterocycles. The second-order valence-electron chi connectivity index (χ2n) is 7.68. The van der Waals surface area contributed by atoms with E-state index in [0.717, 1.165) is 30.0 Å². The number of carboxylic acids is 1. The van der Waals surface area contributed by atoms with Crippen LogP contribution in [0.25, 0.3) is 10.9 Å². The number of nitrogens with zero attached hydrogens (tertiary/aromatic N) is 2. The van der Waals surface area contributed by atoms with Gasteiger partial charge >= 0.3 is 11.9 Å². The molecule has 34 heavy (non-hydrogen) atoms. The highest BCUT2D eigenvalue weighted by molar-refractivity contribution is 5.97. The van der Waals surface area contributed by atoms with Gasteiger partial charge in [0.15, 0.2) is 0 Å². The number of ether oxygens (including phenoxy) is 1. The first-order valence-corrected chi connectivity index (χ1v) is 10.4. The van der Waals surface area contributed by atoms with E-state index in [9.17, 15) is 14.4 Å². The third kappa shape index (κ3) is 5.85. The highest BCUT2D eigenvalue weighted by Crippen LogP contribution is 2.21. The highest BCUT2D eigenvalue weighted by Gasteiger charge is 2.25. The van der Waals surface area contributed by atoms with Crippen LogP contribution in [0.5, 0.6) is 0 Å². The average molecular weight is 463 g/mol. The minimum atomic E-state index is -1.25. The summed E-state index contributed by atoms with van der Waals surface area (Å²) in [7, 11) is 1.16. The number of hydrogen-bond donors (Lipinski definition) is 4. The summed E-state index contributed by atoms with van der Waals surface area (Å²) in [4.78, 5) is 43.7. The summed E-state index contributed by atoms with van der Waals surface area (Å²) in [6.07, 6.45) is 1.18. The van der Waals surface area contributed by atoms with Gasteiger partial charge in [-0.05, 0) is 48.2 Å². The molecule has 1 heterocycles. The molecule has 3 aromatic rings. The third-order valence-corrected chi connectivity index (χ3v) is 5.27. The molecule has 2 aromatic carbocycles. The number of aryl methyl sites for hydroxylation is 2. The molecule has 0 bridgehead atoms. The molecule has 6 N–H and O–H groups in total. The number of rotatable bonds is 9. The minimum absolute atomic E-state index is 0.131. The number of aromatic nitrogens is 2. The molecule has 1 amide bonds. The molecule has 0 saturated carbocycles. The number of nitrogen functional groups attached to an aromatic ring is 2. The maximum absolute atomic E-state index is 12.6. The topological polar surface area (TPSA) is 171 Å². The molecule has 176 valence electrons. The quantitative estimate of drug-likeness (QED) is 0.273. The number of fused-ring (bicyclic) bond motifs is 1. The van der Waals surface area contributed by atoms with Crippen LogP contribution in [0.1, 0.15) is 27.9 Å². The van der Waals surface area contributed by atoms with Gasteiger partial charge < -0.3 is 26.6 Å². The molecule has 10 nitrogen and oxygen atoms in total. The number of esters is 1. The molecule has 10 heteroatoms. The zero-order valence-electron chi connectivity index (χ0n) is 18.6. The molecule has 0 aliphatic rings. The summed E-state index contributed by atoms with van der Waals surface area (Å²) < 4.78 is 4.65. The van der Waals surface area contributed by atoms with Crippen molar-refractivity contribution in [2.45, 2.75) is 25.3 Å². The Kier molecular flexibility index (Phi) is 7.42. The minimum Gasteiger partial charge on any atom is -0.478 e. The van der Waals surface area contributed by atoms with Crippen molar-refractivity contribution in [2.24, 2.45) is 0 Å². The lowest BCUT2D eigenvalue weighted by Gasteiger charge is -2.16. The van der Waals surface area contributed by atoms with Crippen LogP contribution in [0.3, 0.4) is 0 Å². The van der Waals surface area contributed by atoms with E-state index in [1.54, 1.807) is 12.1 Å². The predicted molar refractivity (Wildman–Crippen MR) is 127 cm³/mol. The number of carboxylic acid groups (broad SMARTS) is 1. The fraction of sp³-hybridized carbons (Fsp3) is 0.208. The van der Waals surface area contributed by atoms with E-state index in [-0.39, 0.29) is 17.9 Å². The van der Waals surface area contributed by atoms with Crippen LogP contribution in [-0.2, 0) is 27.2 Å². The third-order valence-electron chi connectivity index (χ3n) is 5.27. The number of amides is 1. The number of benzene rings is 2. The Bertz CT molecular complexity index is 1260. The SMILES string of the molecule is C=C(C[C@H](NC(=O)c1ccc(CCc2ccc3nc(N)nc(N)c3c2)cc1)C(=O)OC)C(=O)O. The standard InChI is InChI=1S/C24H25N5O5/c1-13(22(31)32)11-19(23(33)34-2)27-21(30)16-8-5-14(6-9-16)3-4-15-7-10-18-17(12-15)20(25)29-24(26)28-18/h5-10,12,19H,1,3-4,11H2,2H3,(H,27,30)(H,31,32)(H4,25,26,28,29)/t19-/m0/s1. The van der Waals surface area contributed by atoms with Crippen LogP contribution in [0.4, 0.5) is 11.8 Å². The number of carbonyl (C=O) groups excluding carboxylic acids is 2. The molecular formula is C24H25N5O5.